The van der Waals surface area contributed by atoms with Gasteiger partial charge in [0.2, 0.25) is 5.88 Å². The van der Waals surface area contributed by atoms with Crippen LogP contribution in [0.3, 0.4) is 0 Å². The van der Waals surface area contributed by atoms with Crippen molar-refractivity contribution in [3.8, 4) is 5.88 Å². The Balaban J connectivity index is 1.94. The standard InChI is InChI=1S/C16H13BrN2O4S2/c17-8-3-4-9-10(14(22)18-11(9)6-8)7-12-15(23)19(16(24)25-12)5-1-2-13(20)21/h3-4,6-7,23H,1-2,5H2,(H,18,22)(H,20,21). The Kier molecular flexibility index (Phi) is 5.07. The summed E-state index contributed by atoms with van der Waals surface area (Å²) in [6.45, 7) is 0.312. The van der Waals surface area contributed by atoms with Gasteiger partial charge in [0.05, 0.1) is 16.1 Å². The second kappa shape index (κ2) is 7.11. The largest absolute Gasteiger partial charge is 0.493 e. The first-order valence-corrected chi connectivity index (χ1v) is 9.36. The topological polar surface area (TPSA) is 91.6 Å². The Morgan fingerprint density at radius 2 is 2.20 bits per heavy atom. The first-order valence-electron chi connectivity index (χ1n) is 7.34. The van der Waals surface area contributed by atoms with E-state index < -0.39 is 5.97 Å². The number of benzene rings is 1. The summed E-state index contributed by atoms with van der Waals surface area (Å²) in [7, 11) is 0. The smallest absolute Gasteiger partial charge is 0.303 e. The number of carbonyl (C=O) groups is 2. The van der Waals surface area contributed by atoms with Gasteiger partial charge < -0.3 is 15.5 Å². The number of nitrogens with zero attached hydrogens (tertiary/aromatic N) is 1. The van der Waals surface area contributed by atoms with E-state index in [0.29, 0.717) is 33.1 Å². The molecule has 2 heterocycles. The Morgan fingerprint density at radius 1 is 1.44 bits per heavy atom. The molecule has 0 aliphatic carbocycles. The molecule has 0 unspecified atom stereocenters. The van der Waals surface area contributed by atoms with Crippen LogP contribution in [0.4, 0.5) is 5.69 Å². The number of thiazole rings is 1. The van der Waals surface area contributed by atoms with E-state index in [0.717, 1.165) is 10.0 Å². The molecule has 1 aromatic carbocycles. The Morgan fingerprint density at radius 3 is 2.92 bits per heavy atom. The van der Waals surface area contributed by atoms with E-state index in [9.17, 15) is 14.7 Å². The van der Waals surface area contributed by atoms with E-state index in [1.165, 1.54) is 15.9 Å². The third-order valence-electron chi connectivity index (χ3n) is 3.71. The average Bonchev–Trinajstić information content (AvgIpc) is 2.98. The Bertz CT molecular complexity index is 962. The lowest BCUT2D eigenvalue weighted by molar-refractivity contribution is -0.137. The number of fused-ring (bicyclic) bond motifs is 1. The lowest BCUT2D eigenvalue weighted by Gasteiger charge is -2.03. The number of amides is 1. The summed E-state index contributed by atoms with van der Waals surface area (Å²) in [5, 5.41) is 21.9. The van der Waals surface area contributed by atoms with Gasteiger partial charge in [0.15, 0.2) is 3.95 Å². The summed E-state index contributed by atoms with van der Waals surface area (Å²) in [6.07, 6.45) is 1.97. The minimum Gasteiger partial charge on any atom is -0.493 e. The van der Waals surface area contributed by atoms with Gasteiger partial charge in [0, 0.05) is 23.0 Å². The molecule has 6 nitrogen and oxygen atoms in total. The number of hydrogen-bond acceptors (Lipinski definition) is 5. The van der Waals surface area contributed by atoms with E-state index in [4.69, 9.17) is 17.3 Å². The SMILES string of the molecule is O=C(O)CCCn1c(O)c(C=C2C(=O)Nc3cc(Br)ccc32)sc1=S. The Hall–Kier alpha value is -1.97. The van der Waals surface area contributed by atoms with Crippen LogP contribution < -0.4 is 5.32 Å². The van der Waals surface area contributed by atoms with E-state index in [1.807, 2.05) is 18.2 Å². The number of aromatic nitrogens is 1. The number of hydrogen-bond donors (Lipinski definition) is 3. The van der Waals surface area contributed by atoms with Crippen LogP contribution in [0.5, 0.6) is 5.88 Å². The summed E-state index contributed by atoms with van der Waals surface area (Å²) in [4.78, 5) is 23.3. The van der Waals surface area contributed by atoms with Gasteiger partial charge in [-0.15, -0.1) is 11.3 Å². The van der Waals surface area contributed by atoms with Gasteiger partial charge in [-0.25, -0.2) is 0 Å². The molecule has 130 valence electrons. The molecule has 3 N–H and O–H groups in total. The number of halogens is 1. The highest BCUT2D eigenvalue weighted by Gasteiger charge is 2.25. The van der Waals surface area contributed by atoms with Gasteiger partial charge in [-0.05, 0) is 36.8 Å². The molecule has 0 fully saturated rings. The zero-order valence-corrected chi connectivity index (χ0v) is 16.0. The van der Waals surface area contributed by atoms with Crippen molar-refractivity contribution in [2.24, 2.45) is 0 Å². The third-order valence-corrected chi connectivity index (χ3v) is 5.59. The van der Waals surface area contributed by atoms with Gasteiger partial charge in [-0.1, -0.05) is 22.0 Å². The van der Waals surface area contributed by atoms with Crippen LogP contribution in [0, 0.1) is 3.95 Å². The van der Waals surface area contributed by atoms with Crippen molar-refractivity contribution >= 4 is 68.7 Å². The zero-order chi connectivity index (χ0) is 18.1. The molecule has 1 aliphatic heterocycles. The molecule has 1 aliphatic rings. The number of nitrogens with one attached hydrogen (secondary N) is 1. The summed E-state index contributed by atoms with van der Waals surface area (Å²) in [5.41, 5.74) is 1.91. The molecular weight excluding hydrogens is 428 g/mol. The highest BCUT2D eigenvalue weighted by atomic mass is 79.9. The van der Waals surface area contributed by atoms with Gasteiger partial charge >= 0.3 is 5.97 Å². The highest BCUT2D eigenvalue weighted by molar-refractivity contribution is 9.10. The molecule has 1 aromatic heterocycles. The van der Waals surface area contributed by atoms with E-state index in [2.05, 4.69) is 21.2 Å². The predicted molar refractivity (Wildman–Crippen MR) is 102 cm³/mol. The van der Waals surface area contributed by atoms with Crippen LogP contribution in [0.15, 0.2) is 22.7 Å². The summed E-state index contributed by atoms with van der Waals surface area (Å²) >= 11 is 9.79. The van der Waals surface area contributed by atoms with Crippen LogP contribution in [0.2, 0.25) is 0 Å². The summed E-state index contributed by atoms with van der Waals surface area (Å²) in [5.74, 6) is -1.19. The molecule has 0 bridgehead atoms. The molecule has 0 spiro atoms. The third kappa shape index (κ3) is 3.68. The quantitative estimate of drug-likeness (QED) is 0.480. The number of aliphatic carboxylic acids is 1. The normalized spacial score (nSPS) is 14.6. The second-order valence-corrected chi connectivity index (χ2v) is 8.00. The van der Waals surface area contributed by atoms with Crippen LogP contribution in [0.25, 0.3) is 11.6 Å². The maximum absolute atomic E-state index is 12.2. The van der Waals surface area contributed by atoms with Crippen LogP contribution in [-0.2, 0) is 16.1 Å². The van der Waals surface area contributed by atoms with Crippen molar-refractivity contribution in [1.82, 2.24) is 4.57 Å². The lowest BCUT2D eigenvalue weighted by atomic mass is 10.1. The molecule has 9 heteroatoms. The van der Waals surface area contributed by atoms with Crippen LogP contribution in [-0.4, -0.2) is 26.7 Å². The number of carboxylic acid groups (broad SMARTS) is 1. The first kappa shape index (κ1) is 17.8. The van der Waals surface area contributed by atoms with Crippen LogP contribution in [0.1, 0.15) is 23.3 Å². The van der Waals surface area contributed by atoms with E-state index in [-0.39, 0.29) is 18.2 Å². The minimum absolute atomic E-state index is 0.00184. The molecule has 0 saturated carbocycles. The zero-order valence-electron chi connectivity index (χ0n) is 12.8. The number of carboxylic acids is 1. The van der Waals surface area contributed by atoms with Gasteiger partial charge in [-0.3, -0.25) is 14.2 Å². The summed E-state index contributed by atoms with van der Waals surface area (Å²) in [6, 6.07) is 5.47. The van der Waals surface area contributed by atoms with Gasteiger partial charge in [-0.2, -0.15) is 0 Å². The summed E-state index contributed by atoms with van der Waals surface area (Å²) < 4.78 is 2.78. The fourth-order valence-electron chi connectivity index (χ4n) is 2.53. The maximum Gasteiger partial charge on any atom is 0.303 e. The molecule has 1 amide bonds. The molecule has 3 rings (SSSR count). The molecule has 0 radical (unpaired) electrons. The van der Waals surface area contributed by atoms with Crippen molar-refractivity contribution in [3.63, 3.8) is 0 Å². The fraction of sp³-hybridized carbons (Fsp3) is 0.188. The highest BCUT2D eigenvalue weighted by Crippen LogP contribution is 2.37. The van der Waals surface area contributed by atoms with Crippen LogP contribution >= 0.6 is 39.5 Å². The first-order chi connectivity index (χ1) is 11.9. The minimum atomic E-state index is -0.894. The predicted octanol–water partition coefficient (Wildman–Crippen LogP) is 4.10. The van der Waals surface area contributed by atoms with Gasteiger partial charge in [0.25, 0.3) is 5.91 Å². The van der Waals surface area contributed by atoms with E-state index >= 15 is 0 Å². The number of aromatic hydroxyl groups is 1. The average molecular weight is 441 g/mol. The molecule has 0 saturated heterocycles. The van der Waals surface area contributed by atoms with E-state index in [1.54, 1.807) is 6.08 Å². The molecule has 2 aromatic rings. The number of carbonyl (C=O) groups excluding carboxylic acids is 1. The van der Waals surface area contributed by atoms with Crippen molar-refractivity contribution in [2.75, 3.05) is 5.32 Å². The maximum atomic E-state index is 12.2. The van der Waals surface area contributed by atoms with Crippen molar-refractivity contribution in [1.29, 1.82) is 0 Å². The molecule has 25 heavy (non-hydrogen) atoms. The number of anilines is 1. The molecule has 0 atom stereocenters. The van der Waals surface area contributed by atoms with Crippen molar-refractivity contribution in [3.05, 3.63) is 37.1 Å². The number of rotatable bonds is 5. The Labute approximate surface area is 160 Å². The molecular formula is C16H13BrN2O4S2. The van der Waals surface area contributed by atoms with Gasteiger partial charge in [0.1, 0.15) is 0 Å². The lowest BCUT2D eigenvalue weighted by Crippen LogP contribution is -2.03. The fourth-order valence-corrected chi connectivity index (χ4v) is 4.20. The van der Waals surface area contributed by atoms with Crippen molar-refractivity contribution in [2.45, 2.75) is 19.4 Å². The second-order valence-electron chi connectivity index (χ2n) is 5.41. The van der Waals surface area contributed by atoms with Crippen molar-refractivity contribution < 1.29 is 19.8 Å². The monoisotopic (exact) mass is 440 g/mol.